The van der Waals surface area contributed by atoms with E-state index in [1.165, 1.54) is 42.7 Å². The quantitative estimate of drug-likeness (QED) is 0.279. The molecule has 3 rings (SSSR count). The first-order valence-corrected chi connectivity index (χ1v) is 8.66. The van der Waals surface area contributed by atoms with Crippen LogP contribution >= 0.6 is 0 Å². The van der Waals surface area contributed by atoms with E-state index in [1.807, 2.05) is 0 Å². The summed E-state index contributed by atoms with van der Waals surface area (Å²) in [6, 6.07) is 11.5. The number of hydrogen-bond acceptors (Lipinski definition) is 7. The lowest BCUT2D eigenvalue weighted by Crippen LogP contribution is -2.17. The summed E-state index contributed by atoms with van der Waals surface area (Å²) in [6.45, 7) is 0. The Labute approximate surface area is 176 Å². The van der Waals surface area contributed by atoms with Gasteiger partial charge in [0.1, 0.15) is 11.5 Å². The number of alkyl halides is 6. The molecule has 0 aliphatic heterocycles. The minimum Gasteiger partial charge on any atom is -0.406 e. The Kier molecular flexibility index (Phi) is 6.66. The van der Waals surface area contributed by atoms with E-state index < -0.39 is 12.7 Å². The smallest absolute Gasteiger partial charge is 0.406 e. The molecular formula is C19H13F6N5O2. The van der Waals surface area contributed by atoms with Crippen LogP contribution in [0.1, 0.15) is 5.56 Å². The fourth-order valence-electron chi connectivity index (χ4n) is 2.28. The van der Waals surface area contributed by atoms with Crippen molar-refractivity contribution in [3.05, 3.63) is 66.4 Å². The van der Waals surface area contributed by atoms with Crippen molar-refractivity contribution in [2.24, 2.45) is 5.10 Å². The minimum absolute atomic E-state index is 0.142. The normalized spacial score (nSPS) is 11.9. The van der Waals surface area contributed by atoms with Crippen LogP contribution in [0, 0.1) is 0 Å². The van der Waals surface area contributed by atoms with Gasteiger partial charge in [0.2, 0.25) is 5.95 Å². The van der Waals surface area contributed by atoms with Crippen molar-refractivity contribution in [2.45, 2.75) is 12.7 Å². The van der Waals surface area contributed by atoms with Crippen LogP contribution in [0.25, 0.3) is 0 Å². The van der Waals surface area contributed by atoms with Gasteiger partial charge in [-0.05, 0) is 54.1 Å². The molecular weight excluding hydrogens is 444 g/mol. The maximum absolute atomic E-state index is 12.2. The van der Waals surface area contributed by atoms with E-state index in [2.05, 4.69) is 35.3 Å². The molecule has 3 aromatic rings. The predicted molar refractivity (Wildman–Crippen MR) is 103 cm³/mol. The first kappa shape index (κ1) is 22.7. The van der Waals surface area contributed by atoms with Crippen molar-refractivity contribution in [3.63, 3.8) is 0 Å². The molecule has 7 nitrogen and oxygen atoms in total. The molecule has 2 aromatic carbocycles. The van der Waals surface area contributed by atoms with E-state index in [-0.39, 0.29) is 23.3 Å². The van der Waals surface area contributed by atoms with E-state index in [4.69, 9.17) is 0 Å². The monoisotopic (exact) mass is 457 g/mol. The summed E-state index contributed by atoms with van der Waals surface area (Å²) in [7, 11) is 0. The van der Waals surface area contributed by atoms with Crippen LogP contribution in [0.4, 0.5) is 43.8 Å². The lowest BCUT2D eigenvalue weighted by Gasteiger charge is -2.10. The number of hydrogen-bond donors (Lipinski definition) is 2. The highest BCUT2D eigenvalue weighted by atomic mass is 19.4. The lowest BCUT2D eigenvalue weighted by atomic mass is 10.2. The van der Waals surface area contributed by atoms with Gasteiger partial charge < -0.3 is 14.8 Å². The summed E-state index contributed by atoms with van der Waals surface area (Å²) in [5.41, 5.74) is 3.55. The van der Waals surface area contributed by atoms with Gasteiger partial charge in [0.15, 0.2) is 5.82 Å². The fourth-order valence-corrected chi connectivity index (χ4v) is 2.28. The fraction of sp³-hybridized carbons (Fsp3) is 0.105. The Balaban J connectivity index is 1.57. The van der Waals surface area contributed by atoms with E-state index in [0.717, 1.165) is 24.3 Å². The van der Waals surface area contributed by atoms with Crippen LogP contribution in [0.3, 0.4) is 0 Å². The molecule has 1 heterocycles. The Morgan fingerprint density at radius 1 is 0.781 bits per heavy atom. The molecule has 0 aliphatic rings. The Bertz CT molecular complexity index is 1050. The van der Waals surface area contributed by atoms with E-state index in [1.54, 1.807) is 0 Å². The Hall–Kier alpha value is -4.03. The van der Waals surface area contributed by atoms with Crippen molar-refractivity contribution < 1.29 is 35.8 Å². The Morgan fingerprint density at radius 3 is 1.91 bits per heavy atom. The molecule has 0 amide bonds. The van der Waals surface area contributed by atoms with E-state index in [9.17, 15) is 26.3 Å². The molecule has 0 radical (unpaired) electrons. The minimum atomic E-state index is -4.78. The summed E-state index contributed by atoms with van der Waals surface area (Å²) in [6.07, 6.45) is -6.78. The standard InChI is InChI=1S/C19H13F6N5O2/c20-18(21,22)31-14-5-1-12(2-6-14)11-27-30-16-9-10-26-17(29-16)28-13-3-7-15(8-4-13)32-19(23,24)25/h1-11H,(H2,26,28,29,30)/b27-11+. The molecule has 0 spiro atoms. The van der Waals surface area contributed by atoms with Gasteiger partial charge in [-0.1, -0.05) is 0 Å². The number of nitrogens with one attached hydrogen (secondary N) is 2. The van der Waals surface area contributed by atoms with Crippen LogP contribution < -0.4 is 20.2 Å². The second kappa shape index (κ2) is 9.41. The number of halogens is 6. The predicted octanol–water partition coefficient (Wildman–Crippen LogP) is 5.46. The van der Waals surface area contributed by atoms with Crippen molar-refractivity contribution in [1.82, 2.24) is 9.97 Å². The first-order chi connectivity index (χ1) is 15.1. The highest BCUT2D eigenvalue weighted by Crippen LogP contribution is 2.25. The molecule has 0 unspecified atom stereocenters. The van der Waals surface area contributed by atoms with E-state index >= 15 is 0 Å². The van der Waals surface area contributed by atoms with Gasteiger partial charge in [-0.15, -0.1) is 26.3 Å². The van der Waals surface area contributed by atoms with Crippen LogP contribution in [0.5, 0.6) is 11.5 Å². The van der Waals surface area contributed by atoms with Crippen LogP contribution in [-0.2, 0) is 0 Å². The molecule has 0 aliphatic carbocycles. The van der Waals surface area contributed by atoms with Crippen LogP contribution in [0.15, 0.2) is 65.9 Å². The molecule has 2 N–H and O–H groups in total. The van der Waals surface area contributed by atoms with Gasteiger partial charge in [-0.2, -0.15) is 10.1 Å². The second-order valence-corrected chi connectivity index (χ2v) is 5.95. The van der Waals surface area contributed by atoms with E-state index in [0.29, 0.717) is 11.3 Å². The maximum atomic E-state index is 12.2. The third-order valence-electron chi connectivity index (χ3n) is 3.51. The molecule has 0 fully saturated rings. The summed E-state index contributed by atoms with van der Waals surface area (Å²) in [5, 5.41) is 6.74. The van der Waals surface area contributed by atoms with Crippen LogP contribution in [0.2, 0.25) is 0 Å². The van der Waals surface area contributed by atoms with Gasteiger partial charge in [0.05, 0.1) is 6.21 Å². The number of aromatic nitrogens is 2. The summed E-state index contributed by atoms with van der Waals surface area (Å²) in [4.78, 5) is 8.12. The summed E-state index contributed by atoms with van der Waals surface area (Å²) < 4.78 is 80.6. The van der Waals surface area contributed by atoms with Crippen molar-refractivity contribution in [1.29, 1.82) is 0 Å². The molecule has 1 aromatic heterocycles. The van der Waals surface area contributed by atoms with Crippen molar-refractivity contribution >= 4 is 23.7 Å². The van der Waals surface area contributed by atoms with Crippen molar-refractivity contribution in [2.75, 3.05) is 10.7 Å². The lowest BCUT2D eigenvalue weighted by molar-refractivity contribution is -0.275. The zero-order valence-corrected chi connectivity index (χ0v) is 15.8. The van der Waals surface area contributed by atoms with Gasteiger partial charge >= 0.3 is 12.7 Å². The average molecular weight is 457 g/mol. The highest BCUT2D eigenvalue weighted by molar-refractivity contribution is 5.80. The van der Waals surface area contributed by atoms with Crippen molar-refractivity contribution in [3.8, 4) is 11.5 Å². The first-order valence-electron chi connectivity index (χ1n) is 8.66. The molecule has 0 atom stereocenters. The third-order valence-corrected chi connectivity index (χ3v) is 3.51. The largest absolute Gasteiger partial charge is 0.573 e. The van der Waals surface area contributed by atoms with Gasteiger partial charge in [0, 0.05) is 18.0 Å². The molecule has 168 valence electrons. The number of rotatable bonds is 7. The number of nitrogens with zero attached hydrogens (tertiary/aromatic N) is 3. The summed E-state index contributed by atoms with van der Waals surface area (Å²) >= 11 is 0. The number of ether oxygens (including phenoxy) is 2. The topological polar surface area (TPSA) is 80.7 Å². The molecule has 0 bridgehead atoms. The highest BCUT2D eigenvalue weighted by Gasteiger charge is 2.31. The zero-order chi connectivity index (χ0) is 23.2. The van der Waals surface area contributed by atoms with Gasteiger partial charge in [-0.3, -0.25) is 5.43 Å². The SMILES string of the molecule is FC(F)(F)Oc1ccc(/C=N/Nc2ccnc(Nc3ccc(OC(F)(F)F)cc3)n2)cc1. The van der Waals surface area contributed by atoms with Gasteiger partial charge in [-0.25, -0.2) is 4.98 Å². The second-order valence-electron chi connectivity index (χ2n) is 5.95. The van der Waals surface area contributed by atoms with Gasteiger partial charge in [0.25, 0.3) is 0 Å². The van der Waals surface area contributed by atoms with Crippen LogP contribution in [-0.4, -0.2) is 28.9 Å². The molecule has 0 saturated carbocycles. The number of hydrazone groups is 1. The molecule has 13 heteroatoms. The third kappa shape index (κ3) is 7.66. The average Bonchev–Trinajstić information content (AvgIpc) is 2.69. The zero-order valence-electron chi connectivity index (χ0n) is 15.8. The maximum Gasteiger partial charge on any atom is 0.573 e. The Morgan fingerprint density at radius 2 is 1.34 bits per heavy atom. The summed E-state index contributed by atoms with van der Waals surface area (Å²) in [5.74, 6) is -0.296. The number of benzene rings is 2. The molecule has 32 heavy (non-hydrogen) atoms. The number of anilines is 3. The molecule has 0 saturated heterocycles.